The fraction of sp³-hybridized carbons (Fsp3) is 0.500. The second-order valence-electron chi connectivity index (χ2n) is 11.3. The maximum atomic E-state index is 12.3. The first-order valence-corrected chi connectivity index (χ1v) is 17.7. The molecule has 0 aliphatic heterocycles. The monoisotopic (exact) mass is 697 g/mol. The number of ether oxygens (including phenoxy) is 5. The number of methoxy groups -OCH3 is 1. The van der Waals surface area contributed by atoms with Gasteiger partial charge in [-0.2, -0.15) is 13.1 Å². The molecule has 0 unspecified atom stereocenters. The summed E-state index contributed by atoms with van der Waals surface area (Å²) in [5.74, 6) is -0.342. The lowest BCUT2D eigenvalue weighted by molar-refractivity contribution is -0.146. The van der Waals surface area contributed by atoms with Gasteiger partial charge in [-0.05, 0) is 66.8 Å². The zero-order valence-electron chi connectivity index (χ0n) is 27.0. The Kier molecular flexibility index (Phi) is 15.3. The molecule has 2 N–H and O–H groups in total. The van der Waals surface area contributed by atoms with E-state index in [1.807, 2.05) is 37.4 Å². The number of esters is 1. The zero-order valence-corrected chi connectivity index (χ0v) is 29.4. The number of anilines is 1. The Morgan fingerprint density at radius 3 is 2.28 bits per heavy atom. The highest BCUT2D eigenvalue weighted by Gasteiger charge is 2.25. The maximum absolute atomic E-state index is 12.3. The van der Waals surface area contributed by atoms with Crippen molar-refractivity contribution in [2.24, 2.45) is 0 Å². The number of benzene rings is 1. The summed E-state index contributed by atoms with van der Waals surface area (Å²) >= 11 is 8.09. The Balaban J connectivity index is 1.49. The number of nitrogens with zero attached hydrogens (tertiary/aromatic N) is 1. The fourth-order valence-electron chi connectivity index (χ4n) is 4.13. The molecule has 2 aromatic heterocycles. The van der Waals surface area contributed by atoms with Crippen molar-refractivity contribution in [1.82, 2.24) is 9.71 Å². The van der Waals surface area contributed by atoms with Crippen molar-refractivity contribution in [3.05, 3.63) is 58.7 Å². The Morgan fingerprint density at radius 1 is 0.957 bits per heavy atom. The highest BCUT2D eigenvalue weighted by molar-refractivity contribution is 7.90. The summed E-state index contributed by atoms with van der Waals surface area (Å²) in [4.78, 5) is 17.8. The lowest BCUT2D eigenvalue weighted by Gasteiger charge is -2.24. The van der Waals surface area contributed by atoms with Gasteiger partial charge in [-0.1, -0.05) is 25.4 Å². The van der Waals surface area contributed by atoms with Crippen LogP contribution in [0, 0.1) is 0 Å². The first kappa shape index (κ1) is 37.8. The third kappa shape index (κ3) is 12.9. The SMILES string of the molecule is COCCOCCOCCOCCC(=O)OCC(C)(C)c1cc(-c2csc(-c3ccc(NS(=O)(=O)NC(C)C)cc3Cl)c2)ccn1. The molecule has 0 aliphatic rings. The van der Waals surface area contributed by atoms with Crippen molar-refractivity contribution in [3.63, 3.8) is 0 Å². The van der Waals surface area contributed by atoms with E-state index in [9.17, 15) is 13.2 Å². The minimum atomic E-state index is -3.70. The number of thiophene rings is 1. The average Bonchev–Trinajstić information content (AvgIpc) is 3.48. The quantitative estimate of drug-likeness (QED) is 0.106. The van der Waals surface area contributed by atoms with Gasteiger partial charge in [0.1, 0.15) is 6.61 Å². The predicted octanol–water partition coefficient (Wildman–Crippen LogP) is 5.69. The van der Waals surface area contributed by atoms with Crippen LogP contribution in [0.5, 0.6) is 0 Å². The maximum Gasteiger partial charge on any atom is 0.308 e. The van der Waals surface area contributed by atoms with Crippen LogP contribution in [0.25, 0.3) is 21.6 Å². The van der Waals surface area contributed by atoms with Crippen molar-refractivity contribution in [1.29, 1.82) is 0 Å². The Labute approximate surface area is 281 Å². The first-order chi connectivity index (χ1) is 21.9. The van der Waals surface area contributed by atoms with Crippen molar-refractivity contribution in [2.45, 2.75) is 45.6 Å². The summed E-state index contributed by atoms with van der Waals surface area (Å²) in [6.07, 6.45) is 1.89. The van der Waals surface area contributed by atoms with E-state index in [0.29, 0.717) is 50.4 Å². The van der Waals surface area contributed by atoms with E-state index in [2.05, 4.69) is 14.4 Å². The number of hydrogen-bond donors (Lipinski definition) is 2. The number of pyridine rings is 1. The van der Waals surface area contributed by atoms with E-state index in [1.165, 1.54) is 11.3 Å². The highest BCUT2D eigenvalue weighted by Crippen LogP contribution is 2.38. The third-order valence-corrected chi connectivity index (χ3v) is 9.05. The normalized spacial score (nSPS) is 12.1. The van der Waals surface area contributed by atoms with Crippen LogP contribution in [0.15, 0.2) is 48.0 Å². The molecule has 2 heterocycles. The van der Waals surface area contributed by atoms with Crippen molar-refractivity contribution < 1.29 is 36.9 Å². The molecule has 0 amide bonds. The van der Waals surface area contributed by atoms with Crippen LogP contribution in [-0.4, -0.2) is 85.4 Å². The van der Waals surface area contributed by atoms with Crippen LogP contribution in [0.2, 0.25) is 5.02 Å². The number of nitrogens with one attached hydrogen (secondary N) is 2. The van der Waals surface area contributed by atoms with Crippen LogP contribution in [0.3, 0.4) is 0 Å². The van der Waals surface area contributed by atoms with Gasteiger partial charge < -0.3 is 23.7 Å². The number of aromatic nitrogens is 1. The third-order valence-electron chi connectivity index (χ3n) is 6.48. The number of rotatable bonds is 21. The molecular weight excluding hydrogens is 654 g/mol. The average molecular weight is 698 g/mol. The molecule has 0 aliphatic carbocycles. The molecule has 3 rings (SSSR count). The van der Waals surface area contributed by atoms with Gasteiger partial charge in [0, 0.05) is 40.9 Å². The summed E-state index contributed by atoms with van der Waals surface area (Å²) in [6.45, 7) is 10.7. The number of carbonyl (C=O) groups excluding carboxylic acids is 1. The highest BCUT2D eigenvalue weighted by atomic mass is 35.5. The van der Waals surface area contributed by atoms with Gasteiger partial charge in [0.15, 0.2) is 0 Å². The lowest BCUT2D eigenvalue weighted by Crippen LogP contribution is -2.35. The second kappa shape index (κ2) is 18.6. The summed E-state index contributed by atoms with van der Waals surface area (Å²) < 4.78 is 56.1. The van der Waals surface area contributed by atoms with Gasteiger partial charge >= 0.3 is 5.97 Å². The zero-order chi connectivity index (χ0) is 33.6. The molecule has 254 valence electrons. The molecule has 0 saturated heterocycles. The molecule has 0 fully saturated rings. The van der Waals surface area contributed by atoms with E-state index in [4.69, 9.17) is 35.3 Å². The first-order valence-electron chi connectivity index (χ1n) is 14.9. The van der Waals surface area contributed by atoms with Crippen LogP contribution < -0.4 is 9.44 Å². The Hall–Kier alpha value is -2.62. The molecule has 46 heavy (non-hydrogen) atoms. The summed E-state index contributed by atoms with van der Waals surface area (Å²) in [7, 11) is -2.08. The summed E-state index contributed by atoms with van der Waals surface area (Å²) in [5, 5.41) is 2.46. The number of halogens is 1. The van der Waals surface area contributed by atoms with Crippen molar-refractivity contribution in [2.75, 3.05) is 64.7 Å². The molecule has 0 radical (unpaired) electrons. The van der Waals surface area contributed by atoms with E-state index in [0.717, 1.165) is 27.3 Å². The smallest absolute Gasteiger partial charge is 0.308 e. The fourth-order valence-corrected chi connectivity index (χ4v) is 6.54. The number of carbonyl (C=O) groups is 1. The van der Waals surface area contributed by atoms with Gasteiger partial charge in [0.2, 0.25) is 0 Å². The van der Waals surface area contributed by atoms with Crippen LogP contribution in [0.4, 0.5) is 5.69 Å². The molecule has 0 bridgehead atoms. The number of hydrogen-bond acceptors (Lipinski definition) is 10. The van der Waals surface area contributed by atoms with Crippen LogP contribution in [0.1, 0.15) is 39.8 Å². The molecule has 14 heteroatoms. The van der Waals surface area contributed by atoms with Gasteiger partial charge in [-0.15, -0.1) is 11.3 Å². The topological polar surface area (TPSA) is 134 Å². The minimum absolute atomic E-state index is 0.144. The van der Waals surface area contributed by atoms with E-state index < -0.39 is 15.6 Å². The van der Waals surface area contributed by atoms with Gasteiger partial charge in [-0.25, -0.2) is 0 Å². The van der Waals surface area contributed by atoms with Gasteiger partial charge in [0.25, 0.3) is 10.2 Å². The molecule has 0 spiro atoms. The van der Waals surface area contributed by atoms with E-state index >= 15 is 0 Å². The Morgan fingerprint density at radius 2 is 1.63 bits per heavy atom. The minimum Gasteiger partial charge on any atom is -0.465 e. The lowest BCUT2D eigenvalue weighted by atomic mass is 9.88. The van der Waals surface area contributed by atoms with Gasteiger partial charge in [-0.3, -0.25) is 14.5 Å². The van der Waals surface area contributed by atoms with E-state index in [1.54, 1.807) is 45.4 Å². The predicted molar refractivity (Wildman–Crippen MR) is 182 cm³/mol. The van der Waals surface area contributed by atoms with Crippen LogP contribution >= 0.6 is 22.9 Å². The molecule has 0 atom stereocenters. The van der Waals surface area contributed by atoms with Gasteiger partial charge in [0.05, 0.1) is 63.4 Å². The molecule has 11 nitrogen and oxygen atoms in total. The van der Waals surface area contributed by atoms with Crippen LogP contribution in [-0.2, 0) is 44.1 Å². The van der Waals surface area contributed by atoms with Crippen molar-refractivity contribution in [3.8, 4) is 21.6 Å². The largest absolute Gasteiger partial charge is 0.465 e. The van der Waals surface area contributed by atoms with E-state index in [-0.39, 0.29) is 31.6 Å². The molecule has 1 aromatic carbocycles. The Bertz CT molecular complexity index is 1500. The second-order valence-corrected chi connectivity index (χ2v) is 14.1. The summed E-state index contributed by atoms with van der Waals surface area (Å²) in [5.41, 5.74) is 3.37. The molecule has 0 saturated carbocycles. The molecular formula is C32H44ClN3O8S2. The van der Waals surface area contributed by atoms with Crippen molar-refractivity contribution >= 4 is 44.8 Å². The molecule has 3 aromatic rings. The summed E-state index contributed by atoms with van der Waals surface area (Å²) in [6, 6.07) is 10.8. The standard InChI is InChI=1S/C32H44ClN3O8S2/c1-23(2)35-46(38,39)36-26-6-7-27(28(33)20-26)29-18-25(21-45-29)24-8-10-34-30(19-24)32(3,4)22-44-31(37)9-11-41-14-15-43-17-16-42-13-12-40-5/h6-8,10,18-21,23,35-36H,9,11-17,22H2,1-5H3.